The van der Waals surface area contributed by atoms with E-state index in [4.69, 9.17) is 39.1 Å². The smallest absolute Gasteiger partial charge is 0.407 e. The lowest BCUT2D eigenvalue weighted by Gasteiger charge is -2.28. The van der Waals surface area contributed by atoms with Crippen LogP contribution >= 0.6 is 0 Å². The molecule has 0 bridgehead atoms. The standard InChI is InChI=1S/C71H86F2N14O19/c1-42(2)63(86-68(97)55(19-23-61(93)94)82-67(96)54(18-22-60(91)92)81-57(88)24-28-101-31-33-103-35-36-104-34-32-102-30-27-87-58(89)20-21-59(87)90)69(98)83-53(11-6-25-75-70(74)99)66(95)80-47-15-12-44(13-16-47)41-106-71(100)76-26-29-105-48-38-46-37-45(14-17-50(46)77-39-48)64-65(52-10-4-7-43(3)79-52)85-56(84-64)40-78-51-9-5-8-49(72)62(51)73/h4-5,7-10,12-17,20-21,37-39,42,53-55,63,78H,6,11,18-19,22-36,40-41H2,1-3H3,(H,76,100)(H,80,95)(H,81,88)(H,82,96)(H,83,98)(H,84,85)(H,86,97)(H,91,92)(H,93,94)(H3,74,75,99)/t53-,54-,55-,63-/m0/s1. The van der Waals surface area contributed by atoms with Gasteiger partial charge in [-0.25, -0.2) is 23.4 Å². The third-order valence-electron chi connectivity index (χ3n) is 15.8. The number of carbonyl (C=O) groups is 11. The second-order valence-corrected chi connectivity index (χ2v) is 24.3. The molecule has 0 aliphatic carbocycles. The van der Waals surface area contributed by atoms with Crippen LogP contribution in [0.4, 0.5) is 29.7 Å². The van der Waals surface area contributed by atoms with Crippen molar-refractivity contribution in [2.45, 2.75) is 103 Å². The SMILES string of the molecule is Cc1cccc(-c2nc(CNc3cccc(F)c3F)[nH]c2-c2ccc3ncc(OCCNC(=O)OCc4ccc(NC(=O)[C@H](CCCNC(N)=O)NC(=O)[C@@H](NC(=O)[C@H](CCC(=O)O)NC(=O)[C@H](CCC(=O)O)NC(=O)CCOCCOCCOCCOCCN5C(=O)C=CC5=O)C(C)C)cc4)cc3c2)n1. The third kappa shape index (κ3) is 27.2. The van der Waals surface area contributed by atoms with Gasteiger partial charge in [-0.1, -0.05) is 44.2 Å². The number of amides is 10. The topological polar surface area (TPSA) is 464 Å². The fourth-order valence-corrected chi connectivity index (χ4v) is 10.4. The second-order valence-electron chi connectivity index (χ2n) is 24.3. The Labute approximate surface area is 607 Å². The lowest BCUT2D eigenvalue weighted by atomic mass is 10.0. The van der Waals surface area contributed by atoms with Crippen LogP contribution in [0.2, 0.25) is 0 Å². The summed E-state index contributed by atoms with van der Waals surface area (Å²) in [6.07, 6.45) is 0.748. The van der Waals surface area contributed by atoms with E-state index in [-0.39, 0.29) is 123 Å². The van der Waals surface area contributed by atoms with E-state index >= 15 is 0 Å². The number of hydrogen-bond donors (Lipinski definition) is 12. The van der Waals surface area contributed by atoms with Gasteiger partial charge in [0.05, 0.1) is 101 Å². The van der Waals surface area contributed by atoms with Crippen LogP contribution in [-0.2, 0) is 80.0 Å². The molecule has 0 unspecified atom stereocenters. The van der Waals surface area contributed by atoms with Gasteiger partial charge in [-0.05, 0) is 98.7 Å². The number of nitrogens with two attached hydrogens (primary N) is 1. The van der Waals surface area contributed by atoms with E-state index in [9.17, 15) is 71.7 Å². The number of aromatic nitrogens is 4. The number of primary amides is 1. The molecule has 0 saturated carbocycles. The predicted octanol–water partition coefficient (Wildman–Crippen LogP) is 4.28. The normalized spacial score (nSPS) is 12.9. The summed E-state index contributed by atoms with van der Waals surface area (Å²) in [5, 5.41) is 40.4. The molecule has 6 aromatic rings. The Morgan fingerprint density at radius 2 is 1.28 bits per heavy atom. The van der Waals surface area contributed by atoms with E-state index < -0.39 is 133 Å². The van der Waals surface area contributed by atoms with Crippen LogP contribution < -0.4 is 53.0 Å². The number of pyridine rings is 2. The summed E-state index contributed by atoms with van der Waals surface area (Å²) in [7, 11) is 0. The summed E-state index contributed by atoms with van der Waals surface area (Å²) in [6, 6.07) is 16.2. The summed E-state index contributed by atoms with van der Waals surface area (Å²) in [6.45, 7) is 6.18. The molecule has 3 aromatic carbocycles. The minimum absolute atomic E-state index is 0.00800. The van der Waals surface area contributed by atoms with Crippen LogP contribution in [0, 0.1) is 24.5 Å². The van der Waals surface area contributed by atoms with Crippen LogP contribution in [0.1, 0.15) is 75.9 Å². The van der Waals surface area contributed by atoms with E-state index in [1.807, 2.05) is 43.3 Å². The molecule has 568 valence electrons. The van der Waals surface area contributed by atoms with Crippen LogP contribution in [-0.4, -0.2) is 204 Å². The highest BCUT2D eigenvalue weighted by atomic mass is 19.2. The number of carboxylic acids is 2. The molecule has 4 atom stereocenters. The molecule has 1 aliphatic rings. The van der Waals surface area contributed by atoms with Crippen LogP contribution in [0.25, 0.3) is 33.5 Å². The minimum Gasteiger partial charge on any atom is -0.490 e. The fraction of sp³-hybridized carbons (Fsp3) is 0.408. The third-order valence-corrected chi connectivity index (χ3v) is 15.8. The number of rotatable bonds is 46. The number of ether oxygens (including phenoxy) is 6. The van der Waals surface area contributed by atoms with Gasteiger partial charge in [-0.2, -0.15) is 0 Å². The first-order chi connectivity index (χ1) is 50.9. The lowest BCUT2D eigenvalue weighted by molar-refractivity contribution is -0.140. The molecule has 13 N–H and O–H groups in total. The molecule has 0 spiro atoms. The van der Waals surface area contributed by atoms with E-state index in [0.29, 0.717) is 45.1 Å². The Bertz CT molecular complexity index is 4050. The molecule has 106 heavy (non-hydrogen) atoms. The van der Waals surface area contributed by atoms with E-state index in [1.54, 1.807) is 38.2 Å². The van der Waals surface area contributed by atoms with Crippen LogP contribution in [0.15, 0.2) is 103 Å². The number of halogens is 2. The molecule has 0 saturated heterocycles. The van der Waals surface area contributed by atoms with Crippen molar-refractivity contribution in [1.29, 1.82) is 0 Å². The minimum atomic E-state index is -1.64. The average Bonchev–Trinajstić information content (AvgIpc) is 1.63. The molecular formula is C71H86F2N14O19. The van der Waals surface area contributed by atoms with Gasteiger partial charge in [0.25, 0.3) is 11.8 Å². The van der Waals surface area contributed by atoms with Crippen molar-refractivity contribution < 1.29 is 100 Å². The van der Waals surface area contributed by atoms with Gasteiger partial charge >= 0.3 is 24.1 Å². The van der Waals surface area contributed by atoms with Gasteiger partial charge in [-0.3, -0.25) is 58.0 Å². The average molecular weight is 1480 g/mol. The number of urea groups is 1. The summed E-state index contributed by atoms with van der Waals surface area (Å²) >= 11 is 0. The highest BCUT2D eigenvalue weighted by Crippen LogP contribution is 2.33. The Morgan fingerprint density at radius 3 is 1.94 bits per heavy atom. The molecule has 0 radical (unpaired) electrons. The van der Waals surface area contributed by atoms with E-state index in [0.717, 1.165) is 22.2 Å². The van der Waals surface area contributed by atoms with Crippen LogP contribution in [0.5, 0.6) is 5.75 Å². The fourth-order valence-electron chi connectivity index (χ4n) is 10.4. The van der Waals surface area contributed by atoms with Gasteiger partial charge in [0, 0.05) is 60.3 Å². The van der Waals surface area contributed by atoms with Gasteiger partial charge in [0.2, 0.25) is 29.5 Å². The number of anilines is 2. The van der Waals surface area contributed by atoms with Gasteiger partial charge in [-0.15, -0.1) is 0 Å². The molecular weight excluding hydrogens is 1390 g/mol. The zero-order chi connectivity index (χ0) is 76.5. The molecule has 35 heteroatoms. The van der Waals surface area contributed by atoms with Crippen molar-refractivity contribution in [2.75, 3.05) is 89.7 Å². The number of imidazole rings is 1. The maximum atomic E-state index is 14.5. The number of benzene rings is 3. The zero-order valence-corrected chi connectivity index (χ0v) is 58.5. The Hall–Kier alpha value is -11.6. The quantitative estimate of drug-likeness (QED) is 0.0187. The summed E-state index contributed by atoms with van der Waals surface area (Å²) in [5.74, 6) is -9.67. The van der Waals surface area contributed by atoms with Gasteiger partial charge in [0.1, 0.15) is 54.6 Å². The number of fused-ring (bicyclic) bond motifs is 1. The van der Waals surface area contributed by atoms with E-state index in [1.165, 1.54) is 36.4 Å². The van der Waals surface area contributed by atoms with Crippen molar-refractivity contribution in [3.8, 4) is 28.4 Å². The molecule has 7 rings (SSSR count). The number of nitrogens with zero attached hydrogens (tertiary/aromatic N) is 4. The summed E-state index contributed by atoms with van der Waals surface area (Å²) < 4.78 is 61.5. The first-order valence-electron chi connectivity index (χ1n) is 34.0. The number of hydrogen-bond acceptors (Lipinski definition) is 21. The molecule has 1 aliphatic heterocycles. The number of alkyl carbamates (subject to hydrolysis) is 1. The Kier molecular flexibility index (Phi) is 32.6. The number of aliphatic carboxylic acids is 2. The number of nitrogens with one attached hydrogen (secondary N) is 9. The highest BCUT2D eigenvalue weighted by molar-refractivity contribution is 6.13. The molecule has 10 amide bonds. The molecule has 33 nitrogen and oxygen atoms in total. The second kappa shape index (κ2) is 42.3. The molecule has 4 heterocycles. The monoisotopic (exact) mass is 1480 g/mol. The van der Waals surface area contributed by atoms with Crippen molar-refractivity contribution in [2.24, 2.45) is 11.7 Å². The lowest BCUT2D eigenvalue weighted by Crippen LogP contribution is -2.59. The van der Waals surface area contributed by atoms with E-state index in [2.05, 4.69) is 57.5 Å². The zero-order valence-electron chi connectivity index (χ0n) is 58.5. The number of H-pyrrole nitrogens is 1. The van der Waals surface area contributed by atoms with Crippen molar-refractivity contribution >= 4 is 87.7 Å². The molecule has 0 fully saturated rings. The number of carboxylic acid groups (broad SMARTS) is 2. The number of aromatic amines is 1. The molecule has 3 aromatic heterocycles. The van der Waals surface area contributed by atoms with Crippen molar-refractivity contribution in [1.82, 2.24) is 56.7 Å². The summed E-state index contributed by atoms with van der Waals surface area (Å²) in [4.78, 5) is 158. The van der Waals surface area contributed by atoms with Crippen molar-refractivity contribution in [3.05, 3.63) is 132 Å². The Balaban J connectivity index is 0.857. The van der Waals surface area contributed by atoms with Crippen LogP contribution in [0.3, 0.4) is 0 Å². The predicted molar refractivity (Wildman–Crippen MR) is 377 cm³/mol. The number of aryl methyl sites for hydroxylation is 1. The van der Waals surface area contributed by atoms with Gasteiger partial charge < -0.3 is 91.9 Å². The number of carbonyl (C=O) groups excluding carboxylic acids is 9. The van der Waals surface area contributed by atoms with Gasteiger partial charge in [0.15, 0.2) is 11.6 Å². The Morgan fingerprint density at radius 1 is 0.651 bits per heavy atom. The number of imide groups is 1. The largest absolute Gasteiger partial charge is 0.490 e. The van der Waals surface area contributed by atoms with Crippen molar-refractivity contribution in [3.63, 3.8) is 0 Å². The maximum absolute atomic E-state index is 14.5. The maximum Gasteiger partial charge on any atom is 0.407 e. The summed E-state index contributed by atoms with van der Waals surface area (Å²) in [5.41, 5.74) is 9.91. The first kappa shape index (κ1) is 81.7. The first-order valence-corrected chi connectivity index (χ1v) is 34.0. The highest BCUT2D eigenvalue weighted by Gasteiger charge is 2.34.